The van der Waals surface area contributed by atoms with Crippen LogP contribution in [0.4, 0.5) is 0 Å². The van der Waals surface area contributed by atoms with Crippen LogP contribution in [-0.2, 0) is 9.59 Å². The molecule has 0 aromatic heterocycles. The highest BCUT2D eigenvalue weighted by atomic mass is 16.2. The van der Waals surface area contributed by atoms with Gasteiger partial charge in [-0.3, -0.25) is 9.59 Å². The topological polar surface area (TPSA) is 61.4 Å². The zero-order valence-corrected chi connectivity index (χ0v) is 10.2. The summed E-state index contributed by atoms with van der Waals surface area (Å²) < 4.78 is 0. The Bertz CT molecular complexity index is 268. The average Bonchev–Trinajstić information content (AvgIpc) is 2.21. The van der Waals surface area contributed by atoms with Gasteiger partial charge >= 0.3 is 0 Å². The van der Waals surface area contributed by atoms with Gasteiger partial charge in [0.25, 0.3) is 0 Å². The normalized spacial score (nSPS) is 24.9. The number of likely N-dealkylation sites (N-methyl/N-ethyl adjacent to an activating group) is 1. The van der Waals surface area contributed by atoms with Crippen molar-refractivity contribution in [2.45, 2.75) is 26.3 Å². The highest BCUT2D eigenvalue weighted by Gasteiger charge is 2.22. The van der Waals surface area contributed by atoms with Crippen LogP contribution in [0.2, 0.25) is 0 Å². The molecule has 5 heteroatoms. The Hall–Kier alpha value is -1.10. The summed E-state index contributed by atoms with van der Waals surface area (Å²) in [6.45, 7) is 5.56. The molecule has 2 N–H and O–H groups in total. The highest BCUT2D eigenvalue weighted by molar-refractivity contribution is 5.83. The van der Waals surface area contributed by atoms with E-state index >= 15 is 0 Å². The van der Waals surface area contributed by atoms with Gasteiger partial charge in [0, 0.05) is 26.6 Å². The fourth-order valence-corrected chi connectivity index (χ4v) is 1.76. The lowest BCUT2D eigenvalue weighted by atomic mass is 9.95. The molecule has 0 radical (unpaired) electrons. The SMILES string of the molecule is CC(=O)N(C)CC(=O)NC1CNCCC1C. The van der Waals surface area contributed by atoms with Crippen molar-refractivity contribution < 1.29 is 9.59 Å². The maximum atomic E-state index is 11.6. The van der Waals surface area contributed by atoms with Crippen molar-refractivity contribution in [3.63, 3.8) is 0 Å². The van der Waals surface area contributed by atoms with E-state index in [1.165, 1.54) is 11.8 Å². The van der Waals surface area contributed by atoms with Gasteiger partial charge in [0.1, 0.15) is 0 Å². The number of carbonyl (C=O) groups excluding carboxylic acids is 2. The first-order valence-corrected chi connectivity index (χ1v) is 5.72. The van der Waals surface area contributed by atoms with Crippen LogP contribution >= 0.6 is 0 Å². The minimum Gasteiger partial charge on any atom is -0.350 e. The lowest BCUT2D eigenvalue weighted by Gasteiger charge is -2.30. The largest absolute Gasteiger partial charge is 0.350 e. The number of carbonyl (C=O) groups is 2. The minimum atomic E-state index is -0.0926. The molecule has 0 aromatic rings. The third-order valence-electron chi connectivity index (χ3n) is 3.09. The van der Waals surface area contributed by atoms with Gasteiger partial charge in [0.05, 0.1) is 6.54 Å². The molecule has 0 saturated carbocycles. The van der Waals surface area contributed by atoms with Gasteiger partial charge in [0.2, 0.25) is 11.8 Å². The summed E-state index contributed by atoms with van der Waals surface area (Å²) in [7, 11) is 1.63. The first-order chi connectivity index (χ1) is 7.50. The van der Waals surface area contributed by atoms with Gasteiger partial charge in [-0.25, -0.2) is 0 Å². The van der Waals surface area contributed by atoms with E-state index in [0.29, 0.717) is 5.92 Å². The van der Waals surface area contributed by atoms with E-state index in [4.69, 9.17) is 0 Å². The van der Waals surface area contributed by atoms with E-state index in [1.54, 1.807) is 7.05 Å². The van der Waals surface area contributed by atoms with Crippen molar-refractivity contribution in [2.75, 3.05) is 26.7 Å². The van der Waals surface area contributed by atoms with E-state index in [9.17, 15) is 9.59 Å². The van der Waals surface area contributed by atoms with Crippen molar-refractivity contribution in [1.82, 2.24) is 15.5 Å². The van der Waals surface area contributed by atoms with E-state index < -0.39 is 0 Å². The molecule has 1 heterocycles. The van der Waals surface area contributed by atoms with Gasteiger partial charge in [-0.15, -0.1) is 0 Å². The third-order valence-corrected chi connectivity index (χ3v) is 3.09. The molecule has 1 aliphatic heterocycles. The molecule has 1 aliphatic rings. The van der Waals surface area contributed by atoms with Crippen molar-refractivity contribution in [1.29, 1.82) is 0 Å². The zero-order valence-electron chi connectivity index (χ0n) is 10.2. The predicted octanol–water partition coefficient (Wildman–Crippen LogP) is -0.421. The van der Waals surface area contributed by atoms with E-state index in [-0.39, 0.29) is 24.4 Å². The minimum absolute atomic E-state index is 0.0850. The molecule has 0 spiro atoms. The maximum Gasteiger partial charge on any atom is 0.239 e. The summed E-state index contributed by atoms with van der Waals surface area (Å²) in [5, 5.41) is 6.21. The van der Waals surface area contributed by atoms with Gasteiger partial charge < -0.3 is 15.5 Å². The quantitative estimate of drug-likeness (QED) is 0.688. The van der Waals surface area contributed by atoms with E-state index in [0.717, 1.165) is 19.5 Å². The molecule has 0 aliphatic carbocycles. The monoisotopic (exact) mass is 227 g/mol. The first kappa shape index (κ1) is 13.0. The molecular weight excluding hydrogens is 206 g/mol. The molecular formula is C11H21N3O2. The summed E-state index contributed by atoms with van der Waals surface area (Å²) in [6.07, 6.45) is 1.08. The smallest absolute Gasteiger partial charge is 0.239 e. The molecule has 16 heavy (non-hydrogen) atoms. The molecule has 2 amide bonds. The number of amides is 2. The fraction of sp³-hybridized carbons (Fsp3) is 0.818. The number of piperidine rings is 1. The van der Waals surface area contributed by atoms with E-state index in [1.807, 2.05) is 0 Å². The van der Waals surface area contributed by atoms with Gasteiger partial charge in [-0.05, 0) is 18.9 Å². The summed E-state index contributed by atoms with van der Waals surface area (Å²) >= 11 is 0. The molecule has 2 unspecified atom stereocenters. The fourth-order valence-electron chi connectivity index (χ4n) is 1.76. The molecule has 0 aromatic carbocycles. The Morgan fingerprint density at radius 3 is 2.75 bits per heavy atom. The third kappa shape index (κ3) is 3.81. The Morgan fingerprint density at radius 1 is 1.50 bits per heavy atom. The first-order valence-electron chi connectivity index (χ1n) is 5.72. The maximum absolute atomic E-state index is 11.6. The Balaban J connectivity index is 2.35. The van der Waals surface area contributed by atoms with Gasteiger partial charge in [0.15, 0.2) is 0 Å². The van der Waals surface area contributed by atoms with Crippen LogP contribution in [-0.4, -0.2) is 49.4 Å². The molecule has 2 atom stereocenters. The second-order valence-electron chi connectivity index (χ2n) is 4.52. The van der Waals surface area contributed by atoms with Crippen molar-refractivity contribution in [3.8, 4) is 0 Å². The summed E-state index contributed by atoms with van der Waals surface area (Å²) in [5.74, 6) is 0.316. The predicted molar refractivity (Wildman–Crippen MR) is 61.9 cm³/mol. The van der Waals surface area contributed by atoms with Crippen LogP contribution in [0, 0.1) is 5.92 Å². The molecule has 1 rings (SSSR count). The second-order valence-corrected chi connectivity index (χ2v) is 4.52. The van der Waals surface area contributed by atoms with Crippen molar-refractivity contribution in [2.24, 2.45) is 5.92 Å². The number of hydrogen-bond acceptors (Lipinski definition) is 3. The number of nitrogens with zero attached hydrogens (tertiary/aromatic N) is 1. The van der Waals surface area contributed by atoms with Gasteiger partial charge in [-0.2, -0.15) is 0 Å². The molecule has 0 bridgehead atoms. The Labute approximate surface area is 96.6 Å². The molecule has 1 saturated heterocycles. The summed E-state index contributed by atoms with van der Waals surface area (Å²) in [6, 6.07) is 0.182. The lowest BCUT2D eigenvalue weighted by molar-refractivity contribution is -0.133. The lowest BCUT2D eigenvalue weighted by Crippen LogP contribution is -2.52. The molecule has 92 valence electrons. The van der Waals surface area contributed by atoms with E-state index in [2.05, 4.69) is 17.6 Å². The van der Waals surface area contributed by atoms with Crippen LogP contribution in [0.3, 0.4) is 0 Å². The number of rotatable bonds is 3. The van der Waals surface area contributed by atoms with Crippen LogP contribution in [0.5, 0.6) is 0 Å². The van der Waals surface area contributed by atoms with Crippen molar-refractivity contribution in [3.05, 3.63) is 0 Å². The molecule has 1 fully saturated rings. The zero-order chi connectivity index (χ0) is 12.1. The summed E-state index contributed by atoms with van der Waals surface area (Å²) in [5.41, 5.74) is 0. The van der Waals surface area contributed by atoms with Gasteiger partial charge in [-0.1, -0.05) is 6.92 Å². The van der Waals surface area contributed by atoms with Crippen LogP contribution in [0.25, 0.3) is 0 Å². The number of nitrogens with one attached hydrogen (secondary N) is 2. The van der Waals surface area contributed by atoms with Crippen LogP contribution in [0.1, 0.15) is 20.3 Å². The Kier molecular flexibility index (Phi) is 4.73. The van der Waals surface area contributed by atoms with Crippen LogP contribution < -0.4 is 10.6 Å². The summed E-state index contributed by atoms with van der Waals surface area (Å²) in [4.78, 5) is 24.0. The average molecular weight is 227 g/mol. The Morgan fingerprint density at radius 2 is 2.19 bits per heavy atom. The standard InChI is InChI=1S/C11H21N3O2/c1-8-4-5-12-6-10(8)13-11(16)7-14(3)9(2)15/h8,10,12H,4-7H2,1-3H3,(H,13,16). The number of hydrogen-bond donors (Lipinski definition) is 2. The van der Waals surface area contributed by atoms with Crippen LogP contribution in [0.15, 0.2) is 0 Å². The molecule has 5 nitrogen and oxygen atoms in total. The highest BCUT2D eigenvalue weighted by Crippen LogP contribution is 2.10. The second kappa shape index (κ2) is 5.84. The van der Waals surface area contributed by atoms with Crippen molar-refractivity contribution >= 4 is 11.8 Å².